The molecule has 1 unspecified atom stereocenters. The Bertz CT molecular complexity index is 607. The Labute approximate surface area is 123 Å². The van der Waals surface area contributed by atoms with E-state index in [-0.39, 0.29) is 18.4 Å². The minimum absolute atomic E-state index is 0.0137. The van der Waals surface area contributed by atoms with Gasteiger partial charge in [-0.25, -0.2) is 4.79 Å². The van der Waals surface area contributed by atoms with E-state index in [2.05, 4.69) is 5.32 Å². The molecule has 21 heavy (non-hydrogen) atoms. The van der Waals surface area contributed by atoms with Crippen molar-refractivity contribution in [1.82, 2.24) is 4.90 Å². The number of benzene rings is 1. The van der Waals surface area contributed by atoms with Gasteiger partial charge in [0.15, 0.2) is 0 Å². The fourth-order valence-corrected chi connectivity index (χ4v) is 2.45. The summed E-state index contributed by atoms with van der Waals surface area (Å²) in [4.78, 5) is 24.5. The minimum atomic E-state index is -0.833. The van der Waals surface area contributed by atoms with Crippen molar-refractivity contribution >= 4 is 17.7 Å². The number of urea groups is 1. The van der Waals surface area contributed by atoms with Gasteiger partial charge >= 0.3 is 12.0 Å². The second kappa shape index (κ2) is 6.27. The highest BCUT2D eigenvalue weighted by molar-refractivity contribution is 5.90. The first kappa shape index (κ1) is 14.9. The lowest BCUT2D eigenvalue weighted by Crippen LogP contribution is -2.33. The van der Waals surface area contributed by atoms with Crippen LogP contribution in [0.1, 0.15) is 24.0 Å². The average molecular weight is 287 g/mol. The molecular weight excluding hydrogens is 270 g/mol. The molecule has 0 bridgehead atoms. The Balaban J connectivity index is 2.00. The zero-order valence-electron chi connectivity index (χ0n) is 11.8. The molecule has 1 aliphatic heterocycles. The number of rotatable bonds is 3. The van der Waals surface area contributed by atoms with E-state index in [0.717, 1.165) is 5.56 Å². The van der Waals surface area contributed by atoms with Crippen LogP contribution in [0.2, 0.25) is 0 Å². The highest BCUT2D eigenvalue weighted by atomic mass is 16.4. The summed E-state index contributed by atoms with van der Waals surface area (Å²) in [5.74, 6) is -0.820. The van der Waals surface area contributed by atoms with Crippen LogP contribution < -0.4 is 5.32 Å². The van der Waals surface area contributed by atoms with Crippen molar-refractivity contribution < 1.29 is 14.7 Å². The van der Waals surface area contributed by atoms with Gasteiger partial charge in [-0.2, -0.15) is 5.26 Å². The van der Waals surface area contributed by atoms with Crippen LogP contribution in [-0.4, -0.2) is 35.1 Å². The highest BCUT2D eigenvalue weighted by Gasteiger charge is 2.27. The summed E-state index contributed by atoms with van der Waals surface area (Å²) in [5, 5.41) is 20.5. The molecule has 110 valence electrons. The zero-order chi connectivity index (χ0) is 15.4. The van der Waals surface area contributed by atoms with E-state index < -0.39 is 5.97 Å². The van der Waals surface area contributed by atoms with Gasteiger partial charge in [0.05, 0.1) is 11.6 Å². The van der Waals surface area contributed by atoms with Crippen LogP contribution >= 0.6 is 0 Å². The van der Waals surface area contributed by atoms with E-state index in [0.29, 0.717) is 30.8 Å². The van der Waals surface area contributed by atoms with E-state index in [1.807, 2.05) is 13.0 Å². The average Bonchev–Trinajstić information content (AvgIpc) is 2.89. The molecule has 1 heterocycles. The fraction of sp³-hybridized carbons (Fsp3) is 0.400. The number of hydrogen-bond acceptors (Lipinski definition) is 3. The minimum Gasteiger partial charge on any atom is -0.481 e. The van der Waals surface area contributed by atoms with Crippen molar-refractivity contribution in [2.24, 2.45) is 5.92 Å². The molecule has 6 nitrogen and oxygen atoms in total. The van der Waals surface area contributed by atoms with Gasteiger partial charge in [-0.3, -0.25) is 4.79 Å². The predicted octanol–water partition coefficient (Wildman–Crippen LogP) is 2.20. The number of likely N-dealkylation sites (tertiary alicyclic amines) is 1. The standard InChI is InChI=1S/C15H17N3O3/c1-10-2-3-11(8-16)6-13(10)17-15(21)18-5-4-12(9-18)7-14(19)20/h2-3,6,12H,4-5,7,9H2,1H3,(H,17,21)(H,19,20). The summed E-state index contributed by atoms with van der Waals surface area (Å²) >= 11 is 0. The summed E-state index contributed by atoms with van der Waals surface area (Å²) < 4.78 is 0. The van der Waals surface area contributed by atoms with E-state index in [1.54, 1.807) is 23.1 Å². The summed E-state index contributed by atoms with van der Waals surface area (Å²) in [5.41, 5.74) is 1.98. The van der Waals surface area contributed by atoms with Crippen LogP contribution in [0.4, 0.5) is 10.5 Å². The second-order valence-corrected chi connectivity index (χ2v) is 5.27. The molecule has 0 aliphatic carbocycles. The molecule has 1 aliphatic rings. The fourth-order valence-electron chi connectivity index (χ4n) is 2.45. The zero-order valence-corrected chi connectivity index (χ0v) is 11.8. The molecule has 0 saturated carbocycles. The van der Waals surface area contributed by atoms with Gasteiger partial charge in [-0.1, -0.05) is 6.07 Å². The smallest absolute Gasteiger partial charge is 0.321 e. The molecule has 0 radical (unpaired) electrons. The van der Waals surface area contributed by atoms with E-state index >= 15 is 0 Å². The summed E-state index contributed by atoms with van der Waals surface area (Å²) in [6.07, 6.45) is 0.795. The van der Waals surface area contributed by atoms with Crippen LogP contribution in [0.15, 0.2) is 18.2 Å². The molecule has 2 rings (SSSR count). The van der Waals surface area contributed by atoms with Gasteiger partial charge in [0.25, 0.3) is 0 Å². The summed E-state index contributed by atoms with van der Waals surface area (Å²) in [6, 6.07) is 6.91. The summed E-state index contributed by atoms with van der Waals surface area (Å²) in [7, 11) is 0. The number of carbonyl (C=O) groups excluding carboxylic acids is 1. The lowest BCUT2D eigenvalue weighted by atomic mass is 10.1. The van der Waals surface area contributed by atoms with E-state index in [9.17, 15) is 9.59 Å². The topological polar surface area (TPSA) is 93.4 Å². The van der Waals surface area contributed by atoms with Crippen molar-refractivity contribution in [3.05, 3.63) is 29.3 Å². The molecule has 2 amide bonds. The molecule has 1 saturated heterocycles. The van der Waals surface area contributed by atoms with Crippen molar-refractivity contribution in [3.63, 3.8) is 0 Å². The first-order chi connectivity index (χ1) is 9.99. The van der Waals surface area contributed by atoms with Crippen LogP contribution in [0, 0.1) is 24.2 Å². The maximum atomic E-state index is 12.2. The normalized spacial score (nSPS) is 17.3. The lowest BCUT2D eigenvalue weighted by molar-refractivity contribution is -0.138. The number of aliphatic carboxylic acids is 1. The number of amides is 2. The molecular formula is C15H17N3O3. The van der Waals surface area contributed by atoms with Gasteiger partial charge in [0.1, 0.15) is 0 Å². The number of anilines is 1. The number of carboxylic acid groups (broad SMARTS) is 1. The van der Waals surface area contributed by atoms with Crippen LogP contribution in [0.5, 0.6) is 0 Å². The number of hydrogen-bond donors (Lipinski definition) is 2. The van der Waals surface area contributed by atoms with Crippen LogP contribution in [0.25, 0.3) is 0 Å². The maximum Gasteiger partial charge on any atom is 0.321 e. The Morgan fingerprint density at radius 1 is 1.52 bits per heavy atom. The Morgan fingerprint density at radius 3 is 2.95 bits per heavy atom. The molecule has 6 heteroatoms. The summed E-state index contributed by atoms with van der Waals surface area (Å²) in [6.45, 7) is 2.86. The third-order valence-electron chi connectivity index (χ3n) is 3.64. The van der Waals surface area contributed by atoms with E-state index in [4.69, 9.17) is 10.4 Å². The lowest BCUT2D eigenvalue weighted by Gasteiger charge is -2.18. The van der Waals surface area contributed by atoms with E-state index in [1.165, 1.54) is 0 Å². The number of carboxylic acids is 1. The SMILES string of the molecule is Cc1ccc(C#N)cc1NC(=O)N1CCC(CC(=O)O)C1. The molecule has 0 spiro atoms. The number of nitrogens with zero attached hydrogens (tertiary/aromatic N) is 2. The van der Waals surface area contributed by atoms with Gasteiger partial charge in [0.2, 0.25) is 0 Å². The second-order valence-electron chi connectivity index (χ2n) is 5.27. The predicted molar refractivity (Wildman–Crippen MR) is 76.8 cm³/mol. The molecule has 1 aromatic rings. The van der Waals surface area contributed by atoms with Gasteiger partial charge < -0.3 is 15.3 Å². The van der Waals surface area contributed by atoms with Crippen molar-refractivity contribution in [2.75, 3.05) is 18.4 Å². The Morgan fingerprint density at radius 2 is 2.29 bits per heavy atom. The molecule has 1 fully saturated rings. The van der Waals surface area contributed by atoms with Crippen LogP contribution in [-0.2, 0) is 4.79 Å². The number of nitriles is 1. The Hall–Kier alpha value is -2.55. The van der Waals surface area contributed by atoms with Gasteiger partial charge in [-0.15, -0.1) is 0 Å². The first-order valence-corrected chi connectivity index (χ1v) is 6.78. The van der Waals surface area contributed by atoms with Crippen molar-refractivity contribution in [3.8, 4) is 6.07 Å². The Kier molecular flexibility index (Phi) is 4.43. The monoisotopic (exact) mass is 287 g/mol. The van der Waals surface area contributed by atoms with Gasteiger partial charge in [0, 0.05) is 25.2 Å². The molecule has 0 aromatic heterocycles. The number of aryl methyl sites for hydroxylation is 1. The third-order valence-corrected chi connectivity index (χ3v) is 3.64. The maximum absolute atomic E-state index is 12.2. The highest BCUT2D eigenvalue weighted by Crippen LogP contribution is 2.22. The quantitative estimate of drug-likeness (QED) is 0.891. The largest absolute Gasteiger partial charge is 0.481 e. The molecule has 2 N–H and O–H groups in total. The van der Waals surface area contributed by atoms with Crippen molar-refractivity contribution in [2.45, 2.75) is 19.8 Å². The van der Waals surface area contributed by atoms with Crippen LogP contribution in [0.3, 0.4) is 0 Å². The van der Waals surface area contributed by atoms with Crippen molar-refractivity contribution in [1.29, 1.82) is 5.26 Å². The number of carbonyl (C=O) groups is 2. The molecule has 1 atom stereocenters. The number of nitrogens with one attached hydrogen (secondary N) is 1. The molecule has 1 aromatic carbocycles. The first-order valence-electron chi connectivity index (χ1n) is 6.78. The third kappa shape index (κ3) is 3.72. The van der Waals surface area contributed by atoms with Gasteiger partial charge in [-0.05, 0) is 37.0 Å².